The Bertz CT molecular complexity index is 1040. The molecule has 0 amide bonds. The summed E-state index contributed by atoms with van der Waals surface area (Å²) in [4.78, 5) is 0. The quantitative estimate of drug-likeness (QED) is 0.113. The Morgan fingerprint density at radius 1 is 0.674 bits per heavy atom. The van der Waals surface area contributed by atoms with Crippen LogP contribution in [-0.2, 0) is 28.6 Å². The molecular weight excluding hydrogens is 796 g/mol. The van der Waals surface area contributed by atoms with Gasteiger partial charge in [-0.25, -0.2) is 0 Å². The normalized spacial score (nSPS) is 14.0. The Morgan fingerprint density at radius 2 is 0.957 bits per heavy atom. The topological polar surface area (TPSA) is 107 Å². The Labute approximate surface area is 269 Å². The van der Waals surface area contributed by atoms with E-state index in [2.05, 4.69) is 17.9 Å². The first-order chi connectivity index (χ1) is 18.8. The van der Waals surface area contributed by atoms with Gasteiger partial charge in [-0.1, -0.05) is 60.8 Å². The third-order valence-corrected chi connectivity index (χ3v) is 5.58. The van der Waals surface area contributed by atoms with Crippen LogP contribution in [0.3, 0.4) is 0 Å². The molecule has 1 N–H and O–H groups in total. The third-order valence-electron chi connectivity index (χ3n) is 3.01. The minimum absolute atomic E-state index is 0. The van der Waals surface area contributed by atoms with Crippen molar-refractivity contribution in [3.05, 3.63) is 24.3 Å². The minimum atomic E-state index is -6.85. The highest BCUT2D eigenvalue weighted by atomic mass is 35.6. The predicted molar refractivity (Wildman–Crippen MR) is 139 cm³/mol. The molecule has 0 bridgehead atoms. The molecule has 0 aliphatic rings. The fourth-order valence-corrected chi connectivity index (χ4v) is 2.98. The van der Waals surface area contributed by atoms with Crippen LogP contribution in [0.5, 0.6) is 0 Å². The van der Waals surface area contributed by atoms with Crippen molar-refractivity contribution in [2.24, 2.45) is 0 Å². The molecule has 2 atom stereocenters. The Balaban J connectivity index is -0.000000122. The molecule has 0 saturated carbocycles. The van der Waals surface area contributed by atoms with Gasteiger partial charge in [0.2, 0.25) is 0 Å². The molecule has 0 aromatic heterocycles. The van der Waals surface area contributed by atoms with Crippen molar-refractivity contribution in [3.8, 4) is 0 Å². The van der Waals surface area contributed by atoms with Gasteiger partial charge in [-0.3, -0.25) is 0 Å². The molecule has 27 heteroatoms. The summed E-state index contributed by atoms with van der Waals surface area (Å²) in [5.74, 6) is 0. The first-order valence-corrected chi connectivity index (χ1v) is 14.0. The molecule has 0 fully saturated rings. The molecule has 46 heavy (non-hydrogen) atoms. The van der Waals surface area contributed by atoms with Crippen LogP contribution in [0.1, 0.15) is 41.5 Å². The van der Waals surface area contributed by atoms with Crippen molar-refractivity contribution in [3.63, 3.8) is 0 Å². The minimum Gasteiger partial charge on any atom is -0.383 e. The van der Waals surface area contributed by atoms with Crippen molar-refractivity contribution in [1.29, 1.82) is 0 Å². The summed E-state index contributed by atoms with van der Waals surface area (Å²) < 4.78 is 219. The monoisotopic (exact) mass is 822 g/mol. The molecule has 0 heterocycles. The Morgan fingerprint density at radius 3 is 1.11 bits per heavy atom. The van der Waals surface area contributed by atoms with Crippen molar-refractivity contribution in [2.75, 3.05) is 6.61 Å². The van der Waals surface area contributed by atoms with Crippen LogP contribution in [0.15, 0.2) is 24.3 Å². The van der Waals surface area contributed by atoms with E-state index in [0.717, 1.165) is 0 Å². The van der Waals surface area contributed by atoms with E-state index in [4.69, 9.17) is 39.9 Å². The number of aliphatic hydroxyl groups excluding tert-OH is 1. The first-order valence-electron chi connectivity index (χ1n) is 9.84. The highest BCUT2D eigenvalue weighted by Gasteiger charge is 2.57. The predicted octanol–water partition coefficient (Wildman–Crippen LogP) is 9.30. The number of hydrogen-bond acceptors (Lipinski definition) is 7. The maximum Gasteiger partial charge on any atom is 0.524 e. The average Bonchev–Trinajstić information content (AvgIpc) is 2.66. The summed E-state index contributed by atoms with van der Waals surface area (Å²) in [7, 11) is -13.7. The lowest BCUT2D eigenvalue weighted by Gasteiger charge is -2.21. The van der Waals surface area contributed by atoms with Crippen LogP contribution in [0.25, 0.3) is 0 Å². The lowest BCUT2D eigenvalue weighted by Crippen LogP contribution is -2.35. The lowest BCUT2D eigenvalue weighted by atomic mass is 10.1. The van der Waals surface area contributed by atoms with E-state index in [1.807, 2.05) is 3.63 Å². The molecule has 0 radical (unpaired) electrons. The molecule has 0 aliphatic heterocycles. The molecule has 0 saturated heterocycles. The third kappa shape index (κ3) is 31.7. The van der Waals surface area contributed by atoms with E-state index < -0.39 is 85.7 Å². The molecular formula is C19H28Cl3F15O7S2. The number of aliphatic hydroxyl groups is 1. The van der Waals surface area contributed by atoms with Gasteiger partial charge in [0, 0.05) is 12.8 Å². The zero-order valence-electron chi connectivity index (χ0n) is 21.3. The number of ether oxygens (including phenoxy) is 1. The maximum atomic E-state index is 12.1. The second-order valence-corrected chi connectivity index (χ2v) is 12.7. The van der Waals surface area contributed by atoms with E-state index in [9.17, 15) is 82.7 Å². The average molecular weight is 824 g/mol. The van der Waals surface area contributed by atoms with Gasteiger partial charge in [0.15, 0.2) is 16.5 Å². The summed E-state index contributed by atoms with van der Waals surface area (Å²) in [5, 5.41) is 8.37. The fourth-order valence-electron chi connectivity index (χ4n) is 1.42. The summed E-state index contributed by atoms with van der Waals surface area (Å²) in [5.41, 5.74) is -12.1. The number of halogens is 18. The van der Waals surface area contributed by atoms with E-state index in [-0.39, 0.29) is 20.4 Å². The highest BCUT2D eigenvalue weighted by Crippen LogP contribution is 2.32. The second-order valence-electron chi connectivity index (χ2n) is 7.45. The molecule has 7 nitrogen and oxygen atoms in total. The summed E-state index contributed by atoms with van der Waals surface area (Å²) in [6.45, 7) is 7.25. The van der Waals surface area contributed by atoms with Crippen molar-refractivity contribution >= 4 is 55.0 Å². The van der Waals surface area contributed by atoms with Crippen molar-refractivity contribution in [2.45, 2.75) is 87.6 Å². The van der Waals surface area contributed by atoms with Crippen LogP contribution < -0.4 is 0 Å². The summed E-state index contributed by atoms with van der Waals surface area (Å²) >= 11 is 14.4. The van der Waals surface area contributed by atoms with Gasteiger partial charge < -0.3 is 9.84 Å². The molecule has 2 unspecified atom stereocenters. The SMILES string of the molecule is C.C.C=C(C)CC(O)C(F)(F)F.C=C(C)CC(OCC(F)(F)F)C(F)(F)F.ClC(Cl)Cl.O=S(=O)(OS(=O)(=O)C(F)(F)F)C(F)(F)F. The van der Waals surface area contributed by atoms with Crippen molar-refractivity contribution in [1.82, 2.24) is 0 Å². The van der Waals surface area contributed by atoms with Crippen LogP contribution in [0, 0.1) is 0 Å². The van der Waals surface area contributed by atoms with E-state index in [1.165, 1.54) is 13.8 Å². The standard InChI is InChI=1S/C8H10F6O.C6H9F3O.C2F6O5S2.CHCl3.2CH4/c1-5(2)3-6(8(12,13)14)15-4-7(9,10)11;1-4(2)3-5(10)6(7,8)9;3-1(4,5)14(9,10)13-15(11,12)2(6,7)8;2-1(3)4;;/h6H,1,3-4H2,2H3;5,10H,1,3H2,2H3;;1H;2*1H4. The number of alkyl halides is 18. The van der Waals surface area contributed by atoms with Crippen LogP contribution in [0.4, 0.5) is 65.9 Å². The summed E-state index contributed by atoms with van der Waals surface area (Å²) in [6.07, 6.45) is -19.9. The van der Waals surface area contributed by atoms with Gasteiger partial charge in [-0.2, -0.15) is 82.7 Å². The Hall–Kier alpha value is -0.920. The largest absolute Gasteiger partial charge is 0.524 e. The van der Waals surface area contributed by atoms with Crippen LogP contribution in [0.2, 0.25) is 0 Å². The van der Waals surface area contributed by atoms with Crippen LogP contribution in [-0.4, -0.2) is 74.6 Å². The number of hydrogen-bond donors (Lipinski definition) is 1. The van der Waals surface area contributed by atoms with Gasteiger partial charge in [0.05, 0.1) is 0 Å². The lowest BCUT2D eigenvalue weighted by molar-refractivity contribution is -0.254. The molecule has 0 aliphatic carbocycles. The van der Waals surface area contributed by atoms with Gasteiger partial charge >= 0.3 is 49.8 Å². The molecule has 0 aromatic carbocycles. The van der Waals surface area contributed by atoms with Gasteiger partial charge in [0.25, 0.3) is 0 Å². The smallest absolute Gasteiger partial charge is 0.383 e. The van der Waals surface area contributed by atoms with Gasteiger partial charge in [0.1, 0.15) is 6.61 Å². The molecule has 0 rings (SSSR count). The highest BCUT2D eigenvalue weighted by molar-refractivity contribution is 8.00. The van der Waals surface area contributed by atoms with Crippen LogP contribution >= 0.6 is 34.8 Å². The maximum absolute atomic E-state index is 12.1. The second kappa shape index (κ2) is 21.9. The van der Waals surface area contributed by atoms with E-state index in [1.54, 1.807) is 0 Å². The fraction of sp³-hybridized carbons (Fsp3) is 0.789. The zero-order chi connectivity index (χ0) is 36.9. The van der Waals surface area contributed by atoms with E-state index >= 15 is 0 Å². The molecule has 284 valence electrons. The first kappa shape index (κ1) is 57.4. The zero-order valence-corrected chi connectivity index (χ0v) is 25.2. The molecule has 0 spiro atoms. The van der Waals surface area contributed by atoms with E-state index in [0.29, 0.717) is 5.57 Å². The van der Waals surface area contributed by atoms with Crippen molar-refractivity contribution < 1.29 is 96.2 Å². The summed E-state index contributed by atoms with van der Waals surface area (Å²) in [6, 6.07) is 0. The van der Waals surface area contributed by atoms with Gasteiger partial charge in [-0.15, -0.1) is 16.8 Å². The number of rotatable bonds is 8. The van der Waals surface area contributed by atoms with Gasteiger partial charge in [-0.05, 0) is 13.8 Å². The Kier molecular flexibility index (Phi) is 27.3. The molecule has 0 aromatic rings.